The Morgan fingerprint density at radius 1 is 1.06 bits per heavy atom. The van der Waals surface area contributed by atoms with Gasteiger partial charge in [0.25, 0.3) is 0 Å². The largest absolute Gasteiger partial charge is 0.481 e. The molecule has 0 amide bonds. The van der Waals surface area contributed by atoms with Gasteiger partial charge in [0.15, 0.2) is 0 Å². The summed E-state index contributed by atoms with van der Waals surface area (Å²) in [5, 5.41) is 10.2. The summed E-state index contributed by atoms with van der Waals surface area (Å²) in [5.74, 6) is -0.00242. The minimum Gasteiger partial charge on any atom is -0.481 e. The molecule has 4 aliphatic rings. The van der Waals surface area contributed by atoms with Crippen molar-refractivity contribution < 1.29 is 19.4 Å². The number of hydrogen-bond donors (Lipinski definition) is 1. The van der Waals surface area contributed by atoms with Gasteiger partial charge in [-0.05, 0) is 92.3 Å². The summed E-state index contributed by atoms with van der Waals surface area (Å²) in [4.78, 5) is 25.3. The lowest BCUT2D eigenvalue weighted by molar-refractivity contribution is -0.195. The second-order valence-corrected chi connectivity index (χ2v) is 11.6. The van der Waals surface area contributed by atoms with Crippen LogP contribution in [0.5, 0.6) is 0 Å². The number of carboxylic acids is 1. The van der Waals surface area contributed by atoms with E-state index in [0.717, 1.165) is 62.5 Å². The first-order valence-electron chi connectivity index (χ1n) is 12.6. The molecule has 0 radical (unpaired) electrons. The third-order valence-corrected chi connectivity index (χ3v) is 10.1. The van der Waals surface area contributed by atoms with Gasteiger partial charge in [0, 0.05) is 11.5 Å². The van der Waals surface area contributed by atoms with Crippen LogP contribution in [0.4, 0.5) is 0 Å². The van der Waals surface area contributed by atoms with Gasteiger partial charge < -0.3 is 9.84 Å². The molecule has 33 heavy (non-hydrogen) atoms. The maximum Gasteiger partial charge on any atom is 0.331 e. The van der Waals surface area contributed by atoms with Crippen LogP contribution < -0.4 is 0 Å². The maximum absolute atomic E-state index is 12.9. The van der Waals surface area contributed by atoms with Crippen molar-refractivity contribution in [3.63, 3.8) is 0 Å². The van der Waals surface area contributed by atoms with E-state index < -0.39 is 11.4 Å². The number of benzene rings is 1. The second kappa shape index (κ2) is 7.85. The average molecular weight is 449 g/mol. The van der Waals surface area contributed by atoms with E-state index in [1.54, 1.807) is 6.08 Å². The Morgan fingerprint density at radius 3 is 2.55 bits per heavy atom. The number of ether oxygens (including phenoxy) is 1. The molecule has 4 nitrogen and oxygen atoms in total. The Bertz CT molecular complexity index is 996. The molecule has 1 aromatic rings. The maximum atomic E-state index is 12.9. The van der Waals surface area contributed by atoms with Crippen molar-refractivity contribution in [2.45, 2.75) is 71.3 Å². The topological polar surface area (TPSA) is 63.6 Å². The normalized spacial score (nSPS) is 41.9. The van der Waals surface area contributed by atoms with Gasteiger partial charge in [-0.2, -0.15) is 0 Å². The molecule has 1 N–H and O–H groups in total. The molecule has 4 saturated carbocycles. The second-order valence-electron chi connectivity index (χ2n) is 11.6. The van der Waals surface area contributed by atoms with E-state index in [-0.39, 0.29) is 28.8 Å². The van der Waals surface area contributed by atoms with Crippen LogP contribution in [0, 0.1) is 34.0 Å². The summed E-state index contributed by atoms with van der Waals surface area (Å²) in [5.41, 5.74) is 1.25. The van der Waals surface area contributed by atoms with Gasteiger partial charge in [0.2, 0.25) is 0 Å². The van der Waals surface area contributed by atoms with E-state index >= 15 is 0 Å². The zero-order chi connectivity index (χ0) is 23.4. The van der Waals surface area contributed by atoms with Crippen molar-refractivity contribution >= 4 is 18.0 Å². The van der Waals surface area contributed by atoms with Gasteiger partial charge in [0.05, 0.1) is 5.41 Å². The first kappa shape index (κ1) is 22.4. The standard InChI is InChI=1S/C29H36O4/c1-19-21-11-12-23-27(2)15-7-16-28(3,26(31)32)22(27)14-17-29(23,18-21)25(19)33-24(30)13-10-20-8-5-4-6-9-20/h4-6,8-10,13,21-23,25H,1,7,11-12,14-18H2,2-3H3,(H,31,32)/b13-10+/t21-,22+,23-,25+,27-,28-,29-/m1/s1. The van der Waals surface area contributed by atoms with Gasteiger partial charge >= 0.3 is 11.9 Å². The SMILES string of the molecule is C=C1[C@@H]2CC[C@@H]3[C@]4(C)CCC[C@@](C)(C(=O)O)[C@H]4CC[C@]3(C2)[C@H]1OC(=O)/C=C/c1ccccc1. The van der Waals surface area contributed by atoms with Crippen LogP contribution in [0.1, 0.15) is 70.8 Å². The zero-order valence-corrected chi connectivity index (χ0v) is 19.9. The molecule has 4 fully saturated rings. The average Bonchev–Trinajstić information content (AvgIpc) is 2.98. The lowest BCUT2D eigenvalue weighted by Gasteiger charge is -2.63. The van der Waals surface area contributed by atoms with Crippen LogP contribution in [0.25, 0.3) is 6.08 Å². The first-order chi connectivity index (χ1) is 15.7. The first-order valence-corrected chi connectivity index (χ1v) is 12.6. The molecule has 1 aromatic carbocycles. The molecular formula is C29H36O4. The smallest absolute Gasteiger partial charge is 0.331 e. The Balaban J connectivity index is 1.44. The van der Waals surface area contributed by atoms with Gasteiger partial charge in [-0.15, -0.1) is 0 Å². The van der Waals surface area contributed by atoms with Gasteiger partial charge in [-0.1, -0.05) is 50.3 Å². The van der Waals surface area contributed by atoms with Crippen LogP contribution in [-0.4, -0.2) is 23.1 Å². The quantitative estimate of drug-likeness (QED) is 0.335. The highest BCUT2D eigenvalue weighted by molar-refractivity contribution is 5.87. The third kappa shape index (κ3) is 3.32. The Kier molecular flexibility index (Phi) is 5.34. The number of fused-ring (bicyclic) bond motifs is 3. The van der Waals surface area contributed by atoms with Crippen molar-refractivity contribution in [3.8, 4) is 0 Å². The van der Waals surface area contributed by atoms with Crippen LogP contribution >= 0.6 is 0 Å². The number of rotatable bonds is 4. The molecule has 5 rings (SSSR count). The van der Waals surface area contributed by atoms with E-state index in [1.165, 1.54) is 6.08 Å². The molecule has 0 aromatic heterocycles. The molecule has 0 heterocycles. The van der Waals surface area contributed by atoms with E-state index in [9.17, 15) is 14.7 Å². The minimum absolute atomic E-state index is 0.0379. The molecular weight excluding hydrogens is 412 g/mol. The van der Waals surface area contributed by atoms with Gasteiger partial charge in [-0.3, -0.25) is 4.79 Å². The van der Waals surface area contributed by atoms with E-state index in [2.05, 4.69) is 13.5 Å². The summed E-state index contributed by atoms with van der Waals surface area (Å²) >= 11 is 0. The fourth-order valence-electron chi connectivity index (χ4n) is 8.67. The number of hydrogen-bond acceptors (Lipinski definition) is 3. The fourth-order valence-corrected chi connectivity index (χ4v) is 8.67. The summed E-state index contributed by atoms with van der Waals surface area (Å²) in [6.45, 7) is 8.74. The third-order valence-electron chi connectivity index (χ3n) is 10.1. The Hall–Kier alpha value is -2.36. The van der Waals surface area contributed by atoms with Crippen LogP contribution in [-0.2, 0) is 14.3 Å². The Morgan fingerprint density at radius 2 is 1.82 bits per heavy atom. The molecule has 7 atom stereocenters. The molecule has 176 valence electrons. The number of esters is 1. The lowest BCUT2D eigenvalue weighted by Crippen LogP contribution is -2.60. The van der Waals surface area contributed by atoms with Crippen LogP contribution in [0.2, 0.25) is 0 Å². The highest BCUT2D eigenvalue weighted by Gasteiger charge is 2.68. The summed E-state index contributed by atoms with van der Waals surface area (Å²) in [6.07, 6.45) is 10.9. The fraction of sp³-hybridized carbons (Fsp3) is 0.586. The highest BCUT2D eigenvalue weighted by atomic mass is 16.5. The predicted octanol–water partition coefficient (Wildman–Crippen LogP) is 6.28. The molecule has 0 aliphatic heterocycles. The number of carboxylic acid groups (broad SMARTS) is 1. The molecule has 4 heteroatoms. The summed E-state index contributed by atoms with van der Waals surface area (Å²) < 4.78 is 6.20. The van der Waals surface area contributed by atoms with E-state index in [0.29, 0.717) is 11.8 Å². The number of carbonyl (C=O) groups excluding carboxylic acids is 1. The monoisotopic (exact) mass is 448 g/mol. The molecule has 1 spiro atoms. The van der Waals surface area contributed by atoms with Crippen molar-refractivity contribution in [3.05, 3.63) is 54.1 Å². The van der Waals surface area contributed by atoms with Crippen molar-refractivity contribution in [1.82, 2.24) is 0 Å². The number of carbonyl (C=O) groups is 2. The molecule has 0 unspecified atom stereocenters. The van der Waals surface area contributed by atoms with E-state index in [4.69, 9.17) is 4.74 Å². The van der Waals surface area contributed by atoms with Crippen molar-refractivity contribution in [1.29, 1.82) is 0 Å². The number of aliphatic carboxylic acids is 1. The molecule has 4 aliphatic carbocycles. The zero-order valence-electron chi connectivity index (χ0n) is 19.9. The predicted molar refractivity (Wildman–Crippen MR) is 128 cm³/mol. The Labute approximate surface area is 197 Å². The van der Waals surface area contributed by atoms with Gasteiger partial charge in [0.1, 0.15) is 6.10 Å². The van der Waals surface area contributed by atoms with Crippen molar-refractivity contribution in [2.24, 2.45) is 34.0 Å². The highest BCUT2D eigenvalue weighted by Crippen LogP contribution is 2.72. The summed E-state index contributed by atoms with van der Waals surface area (Å²) in [7, 11) is 0. The van der Waals surface area contributed by atoms with Crippen LogP contribution in [0.15, 0.2) is 48.6 Å². The molecule has 2 bridgehead atoms. The molecule has 0 saturated heterocycles. The van der Waals surface area contributed by atoms with Crippen LogP contribution in [0.3, 0.4) is 0 Å². The van der Waals surface area contributed by atoms with Crippen molar-refractivity contribution in [2.75, 3.05) is 0 Å². The van der Waals surface area contributed by atoms with Gasteiger partial charge in [-0.25, -0.2) is 4.79 Å². The minimum atomic E-state index is -0.661. The van der Waals surface area contributed by atoms with E-state index in [1.807, 2.05) is 37.3 Å². The summed E-state index contributed by atoms with van der Waals surface area (Å²) in [6, 6.07) is 9.78. The lowest BCUT2D eigenvalue weighted by atomic mass is 9.40.